The smallest absolute Gasteiger partial charge is 0.102 e. The molecule has 0 aromatic rings. The van der Waals surface area contributed by atoms with Gasteiger partial charge in [-0.05, 0) is 12.8 Å². The van der Waals surface area contributed by atoms with Gasteiger partial charge in [0.1, 0.15) is 6.54 Å². The fourth-order valence-corrected chi connectivity index (χ4v) is 1.66. The molecule has 0 rings (SSSR count). The van der Waals surface area contributed by atoms with E-state index in [0.717, 1.165) is 11.0 Å². The Morgan fingerprint density at radius 2 is 1.38 bits per heavy atom. The molecule has 1 N–H and O–H groups in total. The summed E-state index contributed by atoms with van der Waals surface area (Å²) in [6.07, 6.45) is 5.07. The highest BCUT2D eigenvalue weighted by Gasteiger charge is 2.18. The molecule has 0 aromatic heterocycles. The monoisotopic (exact) mass is 188 g/mol. The Bertz CT molecular complexity index is 107. The highest BCUT2D eigenvalue weighted by molar-refractivity contribution is 4.42. The Kier molecular flexibility index (Phi) is 7.29. The molecule has 0 fully saturated rings. The summed E-state index contributed by atoms with van der Waals surface area (Å²) in [5, 5.41) is 8.98. The maximum Gasteiger partial charge on any atom is 0.102 e. The van der Waals surface area contributed by atoms with Crippen LogP contribution in [0.1, 0.15) is 39.5 Å². The van der Waals surface area contributed by atoms with E-state index < -0.39 is 0 Å². The van der Waals surface area contributed by atoms with Crippen LogP contribution >= 0.6 is 0 Å². The van der Waals surface area contributed by atoms with Crippen LogP contribution in [0.5, 0.6) is 0 Å². The van der Waals surface area contributed by atoms with Crippen LogP contribution in [0.15, 0.2) is 0 Å². The summed E-state index contributed by atoms with van der Waals surface area (Å²) in [7, 11) is 2.27. The zero-order valence-electron chi connectivity index (χ0n) is 9.55. The van der Waals surface area contributed by atoms with Gasteiger partial charge in [-0.25, -0.2) is 0 Å². The van der Waals surface area contributed by atoms with Gasteiger partial charge in [-0.1, -0.05) is 26.7 Å². The minimum Gasteiger partial charge on any atom is -0.391 e. The number of quaternary nitrogens is 1. The first-order valence-corrected chi connectivity index (χ1v) is 5.63. The first-order chi connectivity index (χ1) is 6.18. The molecule has 0 aromatic carbocycles. The second-order valence-electron chi connectivity index (χ2n) is 4.22. The minimum atomic E-state index is 0.323. The summed E-state index contributed by atoms with van der Waals surface area (Å²) < 4.78 is 1.05. The molecular formula is C11H26NO+. The highest BCUT2D eigenvalue weighted by atomic mass is 16.3. The molecule has 2 heteroatoms. The first-order valence-electron chi connectivity index (χ1n) is 5.63. The summed E-state index contributed by atoms with van der Waals surface area (Å²) in [5.41, 5.74) is 0. The average molecular weight is 188 g/mol. The number of aliphatic hydroxyl groups is 1. The van der Waals surface area contributed by atoms with E-state index in [0.29, 0.717) is 6.61 Å². The average Bonchev–Trinajstić information content (AvgIpc) is 2.12. The van der Waals surface area contributed by atoms with Crippen LogP contribution in [0.4, 0.5) is 0 Å². The van der Waals surface area contributed by atoms with Crippen molar-refractivity contribution in [1.82, 2.24) is 0 Å². The van der Waals surface area contributed by atoms with Crippen LogP contribution in [0.3, 0.4) is 0 Å². The van der Waals surface area contributed by atoms with Gasteiger partial charge in [0.05, 0.1) is 26.7 Å². The second kappa shape index (κ2) is 7.34. The lowest BCUT2D eigenvalue weighted by Crippen LogP contribution is -2.47. The van der Waals surface area contributed by atoms with E-state index in [1.165, 1.54) is 38.8 Å². The number of nitrogens with zero attached hydrogens (tertiary/aromatic N) is 1. The van der Waals surface area contributed by atoms with Crippen molar-refractivity contribution in [3.8, 4) is 0 Å². The Morgan fingerprint density at radius 3 is 1.69 bits per heavy atom. The molecule has 0 bridgehead atoms. The topological polar surface area (TPSA) is 20.2 Å². The highest BCUT2D eigenvalue weighted by Crippen LogP contribution is 2.07. The molecular weight excluding hydrogens is 162 g/mol. The molecule has 0 atom stereocenters. The predicted octanol–water partition coefficient (Wildman–Crippen LogP) is 2.03. The Labute approximate surface area is 83.2 Å². The summed E-state index contributed by atoms with van der Waals surface area (Å²) >= 11 is 0. The van der Waals surface area contributed by atoms with Crippen LogP contribution in [0.25, 0.3) is 0 Å². The second-order valence-corrected chi connectivity index (χ2v) is 4.22. The maximum atomic E-state index is 8.98. The largest absolute Gasteiger partial charge is 0.391 e. The number of hydrogen-bond acceptors (Lipinski definition) is 1. The Morgan fingerprint density at radius 1 is 0.923 bits per heavy atom. The van der Waals surface area contributed by atoms with Crippen LogP contribution in [0, 0.1) is 0 Å². The molecule has 0 aliphatic carbocycles. The van der Waals surface area contributed by atoms with E-state index in [1.807, 2.05) is 0 Å². The van der Waals surface area contributed by atoms with Gasteiger partial charge in [0, 0.05) is 0 Å². The SMILES string of the molecule is CCCC[N+](C)(CCO)CCCC. The molecule has 0 saturated carbocycles. The quantitative estimate of drug-likeness (QED) is 0.578. The van der Waals surface area contributed by atoms with Crippen molar-refractivity contribution >= 4 is 0 Å². The van der Waals surface area contributed by atoms with Gasteiger partial charge < -0.3 is 9.59 Å². The summed E-state index contributed by atoms with van der Waals surface area (Å²) in [6, 6.07) is 0. The van der Waals surface area contributed by atoms with Gasteiger partial charge in [-0.2, -0.15) is 0 Å². The molecule has 2 nitrogen and oxygen atoms in total. The lowest BCUT2D eigenvalue weighted by atomic mass is 10.2. The molecule has 0 aliphatic rings. The van der Waals surface area contributed by atoms with E-state index in [1.54, 1.807) is 0 Å². The third-order valence-corrected chi connectivity index (χ3v) is 2.74. The lowest BCUT2D eigenvalue weighted by Gasteiger charge is -2.34. The van der Waals surface area contributed by atoms with Crippen LogP contribution in [0.2, 0.25) is 0 Å². The molecule has 0 heterocycles. The van der Waals surface area contributed by atoms with Crippen molar-refractivity contribution in [2.24, 2.45) is 0 Å². The number of rotatable bonds is 8. The van der Waals surface area contributed by atoms with E-state index in [9.17, 15) is 0 Å². The third-order valence-electron chi connectivity index (χ3n) is 2.74. The molecule has 0 amide bonds. The first kappa shape index (κ1) is 12.9. The van der Waals surface area contributed by atoms with Crippen LogP contribution in [-0.4, -0.2) is 42.9 Å². The van der Waals surface area contributed by atoms with Crippen molar-refractivity contribution < 1.29 is 9.59 Å². The van der Waals surface area contributed by atoms with Crippen molar-refractivity contribution in [2.45, 2.75) is 39.5 Å². The molecule has 0 aliphatic heterocycles. The van der Waals surface area contributed by atoms with E-state index in [2.05, 4.69) is 20.9 Å². The molecule has 0 radical (unpaired) electrons. The fourth-order valence-electron chi connectivity index (χ4n) is 1.66. The van der Waals surface area contributed by atoms with E-state index in [-0.39, 0.29) is 0 Å². The van der Waals surface area contributed by atoms with Crippen LogP contribution in [-0.2, 0) is 0 Å². The standard InChI is InChI=1S/C11H26NO/c1-4-6-8-12(3,10-11-13)9-7-5-2/h13H,4-11H2,1-3H3/q+1. The van der Waals surface area contributed by atoms with Gasteiger partial charge in [-0.15, -0.1) is 0 Å². The van der Waals surface area contributed by atoms with Gasteiger partial charge in [0.2, 0.25) is 0 Å². The number of aliphatic hydroxyl groups excluding tert-OH is 1. The molecule has 0 unspecified atom stereocenters. The van der Waals surface area contributed by atoms with Gasteiger partial charge >= 0.3 is 0 Å². The maximum absolute atomic E-state index is 8.98. The number of hydrogen-bond donors (Lipinski definition) is 1. The van der Waals surface area contributed by atoms with Crippen molar-refractivity contribution in [3.63, 3.8) is 0 Å². The zero-order chi connectivity index (χ0) is 10.2. The number of unbranched alkanes of at least 4 members (excludes halogenated alkanes) is 2. The van der Waals surface area contributed by atoms with E-state index >= 15 is 0 Å². The van der Waals surface area contributed by atoms with Crippen LogP contribution < -0.4 is 0 Å². The Hall–Kier alpha value is -0.0800. The van der Waals surface area contributed by atoms with Gasteiger partial charge in [0.15, 0.2) is 0 Å². The summed E-state index contributed by atoms with van der Waals surface area (Å²) in [6.45, 7) is 8.13. The number of likely N-dealkylation sites (N-methyl/N-ethyl adjacent to an activating group) is 1. The summed E-state index contributed by atoms with van der Waals surface area (Å²) in [4.78, 5) is 0. The predicted molar refractivity (Wildman–Crippen MR) is 57.7 cm³/mol. The Balaban J connectivity index is 3.84. The lowest BCUT2D eigenvalue weighted by molar-refractivity contribution is -0.910. The van der Waals surface area contributed by atoms with Gasteiger partial charge in [-0.3, -0.25) is 0 Å². The summed E-state index contributed by atoms with van der Waals surface area (Å²) in [5.74, 6) is 0. The van der Waals surface area contributed by atoms with Crippen molar-refractivity contribution in [1.29, 1.82) is 0 Å². The molecule has 0 saturated heterocycles. The minimum absolute atomic E-state index is 0.323. The van der Waals surface area contributed by atoms with E-state index in [4.69, 9.17) is 5.11 Å². The molecule has 80 valence electrons. The van der Waals surface area contributed by atoms with Gasteiger partial charge in [0.25, 0.3) is 0 Å². The van der Waals surface area contributed by atoms with Crippen molar-refractivity contribution in [2.75, 3.05) is 33.3 Å². The zero-order valence-corrected chi connectivity index (χ0v) is 9.55. The fraction of sp³-hybridized carbons (Fsp3) is 1.00. The molecule has 0 spiro atoms. The molecule has 13 heavy (non-hydrogen) atoms. The third kappa shape index (κ3) is 6.05. The normalized spacial score (nSPS) is 12.0. The van der Waals surface area contributed by atoms with Crippen molar-refractivity contribution in [3.05, 3.63) is 0 Å².